The fourth-order valence-electron chi connectivity index (χ4n) is 1.96. The molecule has 0 amide bonds. The van der Waals surface area contributed by atoms with E-state index in [1.54, 1.807) is 6.07 Å². The number of fused-ring (bicyclic) bond motifs is 1. The number of thiazole rings is 1. The van der Waals surface area contributed by atoms with Gasteiger partial charge in [0.1, 0.15) is 16.7 Å². The second kappa shape index (κ2) is 5.23. The number of benzene rings is 1. The zero-order valence-corrected chi connectivity index (χ0v) is 11.9. The van der Waals surface area contributed by atoms with Gasteiger partial charge >= 0.3 is 6.18 Å². The molecule has 3 aromatic rings. The Morgan fingerprint density at radius 1 is 1.14 bits per heavy atom. The van der Waals surface area contributed by atoms with Crippen LogP contribution in [0.5, 0.6) is 0 Å². The summed E-state index contributed by atoms with van der Waals surface area (Å²) in [4.78, 5) is 12.6. The molecule has 0 bridgehead atoms. The first kappa shape index (κ1) is 14.2. The third kappa shape index (κ3) is 2.84. The van der Waals surface area contributed by atoms with Gasteiger partial charge in [0.15, 0.2) is 5.15 Å². The third-order valence-electron chi connectivity index (χ3n) is 2.86. The van der Waals surface area contributed by atoms with Crippen molar-refractivity contribution in [3.63, 3.8) is 0 Å². The van der Waals surface area contributed by atoms with Crippen molar-refractivity contribution in [2.75, 3.05) is 0 Å². The van der Waals surface area contributed by atoms with Crippen molar-refractivity contribution >= 4 is 33.3 Å². The van der Waals surface area contributed by atoms with Crippen molar-refractivity contribution in [3.8, 4) is 0 Å². The van der Waals surface area contributed by atoms with Crippen LogP contribution >= 0.6 is 22.9 Å². The number of hydrogen-bond donors (Lipinski definition) is 0. The van der Waals surface area contributed by atoms with E-state index in [4.69, 9.17) is 11.6 Å². The van der Waals surface area contributed by atoms with E-state index < -0.39 is 11.7 Å². The molecule has 21 heavy (non-hydrogen) atoms. The van der Waals surface area contributed by atoms with Crippen molar-refractivity contribution in [2.45, 2.75) is 12.6 Å². The summed E-state index contributed by atoms with van der Waals surface area (Å²) in [5.41, 5.74) is -0.0572. The minimum Gasteiger partial charge on any atom is -0.236 e. The molecule has 3 nitrogen and oxygen atoms in total. The molecule has 3 rings (SSSR count). The lowest BCUT2D eigenvalue weighted by molar-refractivity contribution is -0.138. The molecule has 0 aliphatic rings. The van der Waals surface area contributed by atoms with Crippen molar-refractivity contribution < 1.29 is 13.2 Å². The van der Waals surface area contributed by atoms with Crippen molar-refractivity contribution in [1.29, 1.82) is 0 Å². The molecule has 0 radical (unpaired) electrons. The first-order valence-electron chi connectivity index (χ1n) is 5.86. The normalized spacial score (nSPS) is 12.0. The summed E-state index contributed by atoms with van der Waals surface area (Å²) in [6.45, 7) is 0. The number of alkyl halides is 3. The maximum Gasteiger partial charge on any atom is 0.416 e. The Hall–Kier alpha value is -1.73. The highest BCUT2D eigenvalue weighted by Gasteiger charge is 2.33. The van der Waals surface area contributed by atoms with E-state index in [0.29, 0.717) is 15.4 Å². The van der Waals surface area contributed by atoms with Gasteiger partial charge in [-0.15, -0.1) is 0 Å². The van der Waals surface area contributed by atoms with E-state index in [2.05, 4.69) is 15.0 Å². The molecule has 8 heteroatoms. The molecule has 1 aromatic carbocycles. The second-order valence-corrected chi connectivity index (χ2v) is 5.68. The molecule has 2 aromatic heterocycles. The van der Waals surface area contributed by atoms with Gasteiger partial charge in [-0.25, -0.2) is 15.0 Å². The molecule has 0 fully saturated rings. The average Bonchev–Trinajstić information content (AvgIpc) is 2.82. The minimum absolute atomic E-state index is 0.0764. The van der Waals surface area contributed by atoms with Crippen LogP contribution in [0.4, 0.5) is 13.2 Å². The van der Waals surface area contributed by atoms with Crippen molar-refractivity contribution in [3.05, 3.63) is 51.9 Å². The van der Waals surface area contributed by atoms with Gasteiger partial charge in [-0.05, 0) is 11.6 Å². The Balaban J connectivity index is 2.01. The van der Waals surface area contributed by atoms with Crippen molar-refractivity contribution in [1.82, 2.24) is 15.0 Å². The predicted molar refractivity (Wildman–Crippen MR) is 74.5 cm³/mol. The fraction of sp³-hybridized carbons (Fsp3) is 0.154. The van der Waals surface area contributed by atoms with Crippen LogP contribution in [0.3, 0.4) is 0 Å². The Morgan fingerprint density at radius 2 is 1.90 bits per heavy atom. The monoisotopic (exact) mass is 329 g/mol. The Bertz CT molecular complexity index is 801. The predicted octanol–water partition coefficient (Wildman–Crippen LogP) is 4.35. The molecule has 0 unspecified atom stereocenters. The van der Waals surface area contributed by atoms with Gasteiger partial charge in [-0.3, -0.25) is 0 Å². The average molecular weight is 330 g/mol. The van der Waals surface area contributed by atoms with E-state index in [9.17, 15) is 13.2 Å². The van der Waals surface area contributed by atoms with Gasteiger partial charge in [0, 0.05) is 6.42 Å². The lowest BCUT2D eigenvalue weighted by atomic mass is 10.0. The molecule has 0 aliphatic heterocycles. The molecule has 108 valence electrons. The van der Waals surface area contributed by atoms with Gasteiger partial charge in [0.05, 0.1) is 10.6 Å². The summed E-state index contributed by atoms with van der Waals surface area (Å²) >= 11 is 7.10. The summed E-state index contributed by atoms with van der Waals surface area (Å²) in [7, 11) is 0. The van der Waals surface area contributed by atoms with E-state index in [0.717, 1.165) is 6.07 Å². The van der Waals surface area contributed by atoms with Crippen LogP contribution in [0.15, 0.2) is 30.6 Å². The van der Waals surface area contributed by atoms with Crippen LogP contribution in [-0.2, 0) is 12.6 Å². The summed E-state index contributed by atoms with van der Waals surface area (Å²) < 4.78 is 38.9. The van der Waals surface area contributed by atoms with Crippen molar-refractivity contribution in [2.24, 2.45) is 0 Å². The number of hydrogen-bond acceptors (Lipinski definition) is 4. The van der Waals surface area contributed by atoms with Crippen LogP contribution in [0.25, 0.3) is 10.3 Å². The number of halogens is 4. The van der Waals surface area contributed by atoms with E-state index in [-0.39, 0.29) is 17.1 Å². The number of rotatable bonds is 2. The maximum atomic E-state index is 13.0. The molecule has 2 heterocycles. The molecular weight excluding hydrogens is 323 g/mol. The summed E-state index contributed by atoms with van der Waals surface area (Å²) in [5.74, 6) is 0. The lowest BCUT2D eigenvalue weighted by Crippen LogP contribution is -2.09. The van der Waals surface area contributed by atoms with Gasteiger partial charge in [-0.2, -0.15) is 13.2 Å². The molecule has 0 atom stereocenters. The topological polar surface area (TPSA) is 38.7 Å². The smallest absolute Gasteiger partial charge is 0.236 e. The van der Waals surface area contributed by atoms with Crippen LogP contribution < -0.4 is 0 Å². The lowest BCUT2D eigenvalue weighted by Gasteiger charge is -2.11. The van der Waals surface area contributed by atoms with E-state index >= 15 is 0 Å². The standard InChI is InChI=1S/C13H7ClF3N3S/c14-11-10-12(19-6-18-11)21-9(20-10)5-7-3-1-2-4-8(7)13(15,16)17/h1-4,6H,5H2. The zero-order chi connectivity index (χ0) is 15.0. The number of aromatic nitrogens is 3. The molecule has 0 N–H and O–H groups in total. The maximum absolute atomic E-state index is 13.0. The molecule has 0 spiro atoms. The molecule has 0 aliphatic carbocycles. The summed E-state index contributed by atoms with van der Waals surface area (Å²) in [5, 5.41) is 0.718. The number of nitrogens with zero attached hydrogens (tertiary/aromatic N) is 3. The first-order valence-corrected chi connectivity index (χ1v) is 7.05. The third-order valence-corrected chi connectivity index (χ3v) is 4.10. The first-order chi connectivity index (χ1) is 9.95. The molecule has 0 saturated heterocycles. The van der Waals surface area contributed by atoms with Gasteiger partial charge < -0.3 is 0 Å². The van der Waals surface area contributed by atoms with Crippen LogP contribution in [-0.4, -0.2) is 15.0 Å². The second-order valence-electron chi connectivity index (χ2n) is 4.26. The quantitative estimate of drug-likeness (QED) is 0.656. The van der Waals surface area contributed by atoms with E-state index in [1.807, 2.05) is 0 Å². The van der Waals surface area contributed by atoms with Crippen LogP contribution in [0, 0.1) is 0 Å². The summed E-state index contributed by atoms with van der Waals surface area (Å²) in [6.07, 6.45) is -3.01. The largest absolute Gasteiger partial charge is 0.416 e. The highest BCUT2D eigenvalue weighted by atomic mass is 35.5. The van der Waals surface area contributed by atoms with Crippen LogP contribution in [0.1, 0.15) is 16.1 Å². The highest BCUT2D eigenvalue weighted by Crippen LogP contribution is 2.34. The fourth-order valence-corrected chi connectivity index (χ4v) is 3.12. The SMILES string of the molecule is FC(F)(F)c1ccccc1Cc1nc2c(Cl)ncnc2s1. The molecule has 0 saturated carbocycles. The zero-order valence-electron chi connectivity index (χ0n) is 10.4. The Morgan fingerprint density at radius 3 is 2.62 bits per heavy atom. The molecular formula is C13H7ClF3N3S. The Kier molecular flexibility index (Phi) is 3.54. The van der Waals surface area contributed by atoms with Gasteiger partial charge in [-0.1, -0.05) is 41.1 Å². The Labute approximate surface area is 126 Å². The minimum atomic E-state index is -4.38. The van der Waals surface area contributed by atoms with Gasteiger partial charge in [0.2, 0.25) is 0 Å². The van der Waals surface area contributed by atoms with Gasteiger partial charge in [0.25, 0.3) is 0 Å². The van der Waals surface area contributed by atoms with E-state index in [1.165, 1.54) is 29.8 Å². The highest BCUT2D eigenvalue weighted by molar-refractivity contribution is 7.18. The summed E-state index contributed by atoms with van der Waals surface area (Å²) in [6, 6.07) is 5.45. The van der Waals surface area contributed by atoms with Crippen LogP contribution in [0.2, 0.25) is 5.15 Å².